The van der Waals surface area contributed by atoms with Gasteiger partial charge < -0.3 is 55.6 Å². The van der Waals surface area contributed by atoms with Crippen LogP contribution in [0.3, 0.4) is 0 Å². The van der Waals surface area contributed by atoms with E-state index in [4.69, 9.17) is 31.5 Å². The zero-order chi connectivity index (χ0) is 61.6. The van der Waals surface area contributed by atoms with Crippen molar-refractivity contribution in [3.8, 4) is 11.5 Å². The molecule has 2 aromatic heterocycles. The number of primary amides is 1. The van der Waals surface area contributed by atoms with Gasteiger partial charge in [-0.05, 0) is 123 Å². The summed E-state index contributed by atoms with van der Waals surface area (Å²) in [5, 5.41) is 11.9. The lowest BCUT2D eigenvalue weighted by Crippen LogP contribution is -2.45. The first-order valence-electron chi connectivity index (χ1n) is 29.3. The van der Waals surface area contributed by atoms with Crippen molar-refractivity contribution in [1.82, 2.24) is 35.2 Å². The normalized spacial score (nSPS) is 15.5. The summed E-state index contributed by atoms with van der Waals surface area (Å²) in [6.07, 6.45) is 5.69. The summed E-state index contributed by atoms with van der Waals surface area (Å²) >= 11 is 8.05. The predicted octanol–water partition coefficient (Wildman–Crippen LogP) is 8.44. The molecule has 0 bridgehead atoms. The molecule has 6 N–H and O–H groups in total. The van der Waals surface area contributed by atoms with Crippen molar-refractivity contribution < 1.29 is 57.4 Å². The van der Waals surface area contributed by atoms with E-state index in [2.05, 4.69) is 25.8 Å². The molecule has 0 aliphatic carbocycles. The molecule has 0 saturated carbocycles. The molecule has 3 aliphatic rings. The number of aromatic amines is 1. The van der Waals surface area contributed by atoms with E-state index in [1.807, 2.05) is 36.6 Å². The number of amides is 9. The Morgan fingerprint density at radius 3 is 2.30 bits per heavy atom. The molecule has 460 valence electrons. The smallest absolute Gasteiger partial charge is 0.415 e. The number of benzene rings is 3. The van der Waals surface area contributed by atoms with Crippen LogP contribution in [0.4, 0.5) is 25.8 Å². The highest BCUT2D eigenvalue weighted by atomic mass is 35.5. The summed E-state index contributed by atoms with van der Waals surface area (Å²) in [7, 11) is 3.11. The molecule has 5 aromatic rings. The number of halogens is 1. The number of H-pyrrole nitrogens is 1. The summed E-state index contributed by atoms with van der Waals surface area (Å²) in [6.45, 7) is 10.1. The topological polar surface area (TPSA) is 275 Å². The number of nitrogens with two attached hydrogens (primary N) is 1. The summed E-state index contributed by atoms with van der Waals surface area (Å²) < 4.78 is 18.5. The zero-order valence-corrected chi connectivity index (χ0v) is 51.0. The number of likely N-dealkylation sites (tertiary alicyclic amines) is 1. The summed E-state index contributed by atoms with van der Waals surface area (Å²) in [5.41, 5.74) is 9.99. The number of nitrogens with zero attached hydrogens (tertiary/aromatic N) is 5. The van der Waals surface area contributed by atoms with Crippen LogP contribution in [0, 0.1) is 18.8 Å². The number of aromatic nitrogens is 1. The highest BCUT2D eigenvalue weighted by Crippen LogP contribution is 2.49. The molecule has 3 aliphatic heterocycles. The number of thiophene rings is 1. The number of carbonyl (C=O) groups excluding carboxylic acids is 9. The van der Waals surface area contributed by atoms with Gasteiger partial charge in [0, 0.05) is 124 Å². The van der Waals surface area contributed by atoms with Crippen molar-refractivity contribution in [2.24, 2.45) is 17.6 Å². The second-order valence-electron chi connectivity index (χ2n) is 22.5. The maximum absolute atomic E-state index is 14.4. The maximum atomic E-state index is 14.4. The Bertz CT molecular complexity index is 3320. The Hall–Kier alpha value is -8.02. The van der Waals surface area contributed by atoms with Gasteiger partial charge in [0.05, 0.1) is 16.4 Å². The fourth-order valence-electron chi connectivity index (χ4n) is 10.9. The molecule has 22 nitrogen and oxygen atoms in total. The number of ketones is 1. The van der Waals surface area contributed by atoms with Crippen LogP contribution in [0.15, 0.2) is 72.1 Å². The number of Topliss-reactive ketones (excluding diaryl/α,β-unsaturated/α-hetero) is 1. The van der Waals surface area contributed by atoms with Crippen LogP contribution in [-0.2, 0) is 35.3 Å². The number of alkyl halides is 1. The molecule has 3 atom stereocenters. The number of urea groups is 1. The third kappa shape index (κ3) is 16.5. The molecule has 5 heterocycles. The third-order valence-corrected chi connectivity index (χ3v) is 17.3. The molecule has 24 heteroatoms. The number of fused-ring (bicyclic) bond motifs is 4. The predicted molar refractivity (Wildman–Crippen MR) is 329 cm³/mol. The van der Waals surface area contributed by atoms with Crippen LogP contribution in [-0.4, -0.2) is 163 Å². The monoisotopic (exact) mass is 1220 g/mol. The number of hydrogen-bond acceptors (Lipinski definition) is 14. The van der Waals surface area contributed by atoms with Crippen LogP contribution < -0.4 is 36.1 Å². The molecule has 86 heavy (non-hydrogen) atoms. The van der Waals surface area contributed by atoms with Crippen LogP contribution in [0.25, 0.3) is 21.0 Å². The number of likely N-dealkylation sites (N-methyl/N-ethyl adjacent to an activating group) is 2. The van der Waals surface area contributed by atoms with Gasteiger partial charge in [0.25, 0.3) is 17.7 Å². The van der Waals surface area contributed by atoms with Crippen LogP contribution in [0.5, 0.6) is 11.5 Å². The lowest BCUT2D eigenvalue weighted by Gasteiger charge is -2.24. The van der Waals surface area contributed by atoms with E-state index in [1.54, 1.807) is 63.2 Å². The van der Waals surface area contributed by atoms with Crippen molar-refractivity contribution in [1.29, 1.82) is 0 Å². The number of hydrogen-bond donors (Lipinski definition) is 5. The number of rotatable bonds is 29. The molecule has 1 fully saturated rings. The molecular weight excluding hydrogens is 1140 g/mol. The minimum atomic E-state index is -0.865. The number of nitrogens with one attached hydrogen (secondary N) is 4. The van der Waals surface area contributed by atoms with Crippen molar-refractivity contribution in [3.63, 3.8) is 0 Å². The average molecular weight is 1220 g/mol. The lowest BCUT2D eigenvalue weighted by molar-refractivity contribution is -0.137. The van der Waals surface area contributed by atoms with Crippen molar-refractivity contribution in [2.45, 2.75) is 97.1 Å². The van der Waals surface area contributed by atoms with Gasteiger partial charge in [-0.15, -0.1) is 22.9 Å². The number of aryl methyl sites for hydroxylation is 1. The summed E-state index contributed by atoms with van der Waals surface area (Å²) in [6, 6.07) is 14.4. The van der Waals surface area contributed by atoms with Gasteiger partial charge in [0.2, 0.25) is 11.8 Å². The Morgan fingerprint density at radius 2 is 1.60 bits per heavy atom. The summed E-state index contributed by atoms with van der Waals surface area (Å²) in [4.78, 5) is 128. The second-order valence-corrected chi connectivity index (χ2v) is 23.7. The van der Waals surface area contributed by atoms with Gasteiger partial charge in [-0.2, -0.15) is 0 Å². The SMILES string of the molecule is Cc1csc2c(OC(=O)N(C)CCN(C)C(=O)OCc3ccc(NC(=O)[C@H](CCCNC(N)=O)CC(=O)[C@@H](NC(=O)CCCCCN4C(=O)C=CC4=O)C(C)C)cc3)cc3c(c12)[C@H](CCl)CN3C(=O)c1cc2cc(OCCN3CCCC3)ccc2[nH]1. The van der Waals surface area contributed by atoms with E-state index in [-0.39, 0.29) is 99.2 Å². The first-order chi connectivity index (χ1) is 41.3. The van der Waals surface area contributed by atoms with Gasteiger partial charge in [0.1, 0.15) is 24.7 Å². The number of ether oxygens (including phenoxy) is 3. The van der Waals surface area contributed by atoms with E-state index in [0.29, 0.717) is 67.2 Å². The summed E-state index contributed by atoms with van der Waals surface area (Å²) in [5.74, 6) is -2.05. The molecule has 3 aromatic carbocycles. The first-order valence-corrected chi connectivity index (χ1v) is 30.7. The average Bonchev–Trinajstić information content (AvgIpc) is 1.74. The number of anilines is 2. The van der Waals surface area contributed by atoms with Crippen molar-refractivity contribution in [2.75, 3.05) is 89.2 Å². The van der Waals surface area contributed by atoms with Crippen LogP contribution >= 0.6 is 22.9 Å². The minimum Gasteiger partial charge on any atom is -0.492 e. The van der Waals surface area contributed by atoms with Crippen LogP contribution in [0.1, 0.15) is 105 Å². The zero-order valence-electron chi connectivity index (χ0n) is 49.4. The fourth-order valence-corrected chi connectivity index (χ4v) is 12.2. The largest absolute Gasteiger partial charge is 0.492 e. The lowest BCUT2D eigenvalue weighted by atomic mass is 9.89. The fraction of sp³-hybridized carbons (Fsp3) is 0.468. The van der Waals surface area contributed by atoms with Gasteiger partial charge >= 0.3 is 18.2 Å². The molecule has 1 saturated heterocycles. The minimum absolute atomic E-state index is 0.0938. The molecular formula is C62H77ClN10O12S. The van der Waals surface area contributed by atoms with Crippen LogP contribution in [0.2, 0.25) is 0 Å². The number of unbranched alkanes of at least 4 members (excludes halogenated alkanes) is 2. The maximum Gasteiger partial charge on any atom is 0.415 e. The van der Waals surface area contributed by atoms with Crippen molar-refractivity contribution in [3.05, 3.63) is 94.5 Å². The van der Waals surface area contributed by atoms with Gasteiger partial charge in [-0.3, -0.25) is 38.6 Å². The standard InChI is InChI=1S/C62H77ClN10O12S/c1-38(2)56(68-51(75)13-7-6-8-25-72-52(76)20-21-53(72)77)49(74)32-41(12-11-22-65-60(64)80)58(78)66-44-16-14-40(15-17-44)36-84-61(81)69(4)26-27-70(5)62(82)85-50-33-48-55(54-39(3)37-86-57(50)54)43(34-63)35-73(48)59(79)47-31-42-30-45(18-19-46(42)67-47)83-29-28-71-23-9-10-24-71/h14-21,30-31,33,37-38,41,43,56,67H,6-13,22-29,32,34-36H2,1-5H3,(H,66,78)(H,68,75)(H3,64,65,80)/t41-,43-,56+/m1/s1. The number of imide groups is 1. The highest BCUT2D eigenvalue weighted by Gasteiger charge is 2.37. The van der Waals surface area contributed by atoms with Crippen molar-refractivity contribution >= 4 is 109 Å². The Labute approximate surface area is 509 Å². The second kappa shape index (κ2) is 29.9. The Morgan fingerprint density at radius 1 is 0.884 bits per heavy atom. The quantitative estimate of drug-likeness (QED) is 0.0171. The van der Waals surface area contributed by atoms with Gasteiger partial charge in [0.15, 0.2) is 11.5 Å². The highest BCUT2D eigenvalue weighted by molar-refractivity contribution is 7.17. The van der Waals surface area contributed by atoms with E-state index < -0.39 is 36.1 Å². The van der Waals surface area contributed by atoms with Gasteiger partial charge in [-0.1, -0.05) is 32.4 Å². The Kier molecular flexibility index (Phi) is 22.2. The third-order valence-electron chi connectivity index (χ3n) is 15.8. The molecule has 0 radical (unpaired) electrons. The van der Waals surface area contributed by atoms with E-state index in [0.717, 1.165) is 62.4 Å². The molecule has 8 rings (SSSR count). The Balaban J connectivity index is 0.811. The van der Waals surface area contributed by atoms with E-state index in [9.17, 15) is 43.2 Å². The first kappa shape index (κ1) is 64.0. The number of carbonyl (C=O) groups is 9. The molecule has 0 unspecified atom stereocenters. The molecule has 9 amide bonds. The van der Waals surface area contributed by atoms with Gasteiger partial charge in [-0.25, -0.2) is 14.4 Å². The molecule has 0 spiro atoms. The van der Waals surface area contributed by atoms with E-state index >= 15 is 0 Å². The van der Waals surface area contributed by atoms with E-state index in [1.165, 1.54) is 46.1 Å².